The third-order valence-electron chi connectivity index (χ3n) is 1.87. The van der Waals surface area contributed by atoms with Crippen molar-refractivity contribution in [3.8, 4) is 11.5 Å². The van der Waals surface area contributed by atoms with Gasteiger partial charge in [0.15, 0.2) is 0 Å². The molecule has 0 heterocycles. The van der Waals surface area contributed by atoms with Crippen LogP contribution in [0.3, 0.4) is 0 Å². The maximum atomic E-state index is 9.42. The van der Waals surface area contributed by atoms with Gasteiger partial charge in [-0.15, -0.1) is 0 Å². The molecule has 4 heteroatoms. The number of hydrogen-bond donors (Lipinski definition) is 3. The van der Waals surface area contributed by atoms with Crippen LogP contribution in [0.4, 0.5) is 0 Å². The summed E-state index contributed by atoms with van der Waals surface area (Å²) in [6, 6.07) is 4.56. The van der Waals surface area contributed by atoms with Crippen LogP contribution >= 0.6 is 0 Å². The fraction of sp³-hybridized carbons (Fsp3) is 0.400. The lowest BCUT2D eigenvalue weighted by Crippen LogP contribution is -2.18. The van der Waals surface area contributed by atoms with Crippen LogP contribution in [0.1, 0.15) is 5.56 Å². The molecule has 0 saturated carbocycles. The van der Waals surface area contributed by atoms with Gasteiger partial charge in [0.2, 0.25) is 0 Å². The van der Waals surface area contributed by atoms with E-state index in [4.69, 9.17) is 9.84 Å². The van der Waals surface area contributed by atoms with E-state index < -0.39 is 0 Å². The zero-order valence-corrected chi connectivity index (χ0v) is 8.16. The van der Waals surface area contributed by atoms with Gasteiger partial charge in [-0.05, 0) is 6.07 Å². The van der Waals surface area contributed by atoms with Gasteiger partial charge in [0.05, 0.1) is 6.61 Å². The number of methoxy groups -OCH3 is 1. The zero-order chi connectivity index (χ0) is 10.4. The largest absolute Gasteiger partial charge is 0.508 e. The summed E-state index contributed by atoms with van der Waals surface area (Å²) in [5.74, 6) is 0.179. The number of phenols is 2. The van der Waals surface area contributed by atoms with E-state index in [2.05, 4.69) is 5.32 Å². The monoisotopic (exact) mass is 197 g/mol. The maximum Gasteiger partial charge on any atom is 0.123 e. The lowest BCUT2D eigenvalue weighted by molar-refractivity contribution is 0.199. The predicted molar refractivity (Wildman–Crippen MR) is 53.4 cm³/mol. The summed E-state index contributed by atoms with van der Waals surface area (Å²) in [4.78, 5) is 0. The fourth-order valence-corrected chi connectivity index (χ4v) is 1.10. The molecular weight excluding hydrogens is 182 g/mol. The zero-order valence-electron chi connectivity index (χ0n) is 8.16. The van der Waals surface area contributed by atoms with Crippen LogP contribution < -0.4 is 5.32 Å². The lowest BCUT2D eigenvalue weighted by atomic mass is 10.2. The first-order chi connectivity index (χ1) is 6.74. The van der Waals surface area contributed by atoms with Crippen molar-refractivity contribution in [3.05, 3.63) is 23.8 Å². The van der Waals surface area contributed by atoms with Gasteiger partial charge in [-0.1, -0.05) is 6.07 Å². The Morgan fingerprint density at radius 1 is 1.36 bits per heavy atom. The Bertz CT molecular complexity index is 289. The summed E-state index contributed by atoms with van der Waals surface area (Å²) in [5.41, 5.74) is 0.763. The average molecular weight is 197 g/mol. The van der Waals surface area contributed by atoms with Gasteiger partial charge in [-0.3, -0.25) is 0 Å². The topological polar surface area (TPSA) is 61.7 Å². The molecule has 0 aromatic heterocycles. The van der Waals surface area contributed by atoms with Crippen LogP contribution in [0.25, 0.3) is 0 Å². The minimum atomic E-state index is 0.0724. The maximum absolute atomic E-state index is 9.42. The molecule has 0 spiro atoms. The third-order valence-corrected chi connectivity index (χ3v) is 1.87. The molecule has 0 radical (unpaired) electrons. The smallest absolute Gasteiger partial charge is 0.123 e. The number of benzene rings is 1. The van der Waals surface area contributed by atoms with Crippen molar-refractivity contribution < 1.29 is 14.9 Å². The summed E-state index contributed by atoms with van der Waals surface area (Å²) in [6.45, 7) is 1.94. The summed E-state index contributed by atoms with van der Waals surface area (Å²) in [7, 11) is 1.64. The molecule has 0 fully saturated rings. The van der Waals surface area contributed by atoms with Crippen molar-refractivity contribution in [2.45, 2.75) is 6.54 Å². The molecule has 0 saturated heterocycles. The van der Waals surface area contributed by atoms with Crippen LogP contribution in [0.15, 0.2) is 18.2 Å². The molecule has 3 N–H and O–H groups in total. The molecule has 0 aliphatic carbocycles. The van der Waals surface area contributed by atoms with E-state index in [0.717, 1.165) is 12.1 Å². The second-order valence-corrected chi connectivity index (χ2v) is 2.98. The Hall–Kier alpha value is -1.26. The van der Waals surface area contributed by atoms with Crippen LogP contribution in [0.2, 0.25) is 0 Å². The van der Waals surface area contributed by atoms with E-state index >= 15 is 0 Å². The Labute approximate surface area is 83.1 Å². The second-order valence-electron chi connectivity index (χ2n) is 2.98. The van der Waals surface area contributed by atoms with E-state index in [9.17, 15) is 5.11 Å². The van der Waals surface area contributed by atoms with Crippen molar-refractivity contribution in [1.29, 1.82) is 0 Å². The normalized spacial score (nSPS) is 10.4. The quantitative estimate of drug-likeness (QED) is 0.612. The highest BCUT2D eigenvalue weighted by Crippen LogP contribution is 2.21. The van der Waals surface area contributed by atoms with Crippen molar-refractivity contribution in [2.75, 3.05) is 20.3 Å². The van der Waals surface area contributed by atoms with Crippen LogP contribution in [0.5, 0.6) is 11.5 Å². The summed E-state index contributed by atoms with van der Waals surface area (Å²) in [6.07, 6.45) is 0. The molecule has 1 rings (SSSR count). The van der Waals surface area contributed by atoms with Gasteiger partial charge in [-0.25, -0.2) is 0 Å². The second kappa shape index (κ2) is 5.47. The molecule has 78 valence electrons. The highest BCUT2D eigenvalue weighted by atomic mass is 16.5. The van der Waals surface area contributed by atoms with Gasteiger partial charge in [0.1, 0.15) is 11.5 Å². The Morgan fingerprint density at radius 2 is 2.14 bits per heavy atom. The molecule has 1 aromatic carbocycles. The van der Waals surface area contributed by atoms with Gasteiger partial charge in [0, 0.05) is 31.8 Å². The van der Waals surface area contributed by atoms with E-state index in [1.54, 1.807) is 19.2 Å². The van der Waals surface area contributed by atoms with Crippen LogP contribution in [-0.2, 0) is 11.3 Å². The standard InChI is InChI=1S/C10H15NO3/c1-14-5-4-11-7-8-2-3-9(12)6-10(8)13/h2-3,6,11-13H,4-5,7H2,1H3. The van der Waals surface area contributed by atoms with Gasteiger partial charge >= 0.3 is 0 Å². The molecule has 4 nitrogen and oxygen atoms in total. The lowest BCUT2D eigenvalue weighted by Gasteiger charge is -2.06. The third kappa shape index (κ3) is 3.24. The van der Waals surface area contributed by atoms with Crippen molar-refractivity contribution >= 4 is 0 Å². The number of hydrogen-bond acceptors (Lipinski definition) is 4. The molecule has 1 aromatic rings. The number of phenolic OH excluding ortho intramolecular Hbond substituents is 2. The first kappa shape index (κ1) is 10.8. The summed E-state index contributed by atoms with van der Waals surface area (Å²) in [5, 5.41) is 21.6. The first-order valence-electron chi connectivity index (χ1n) is 4.44. The van der Waals surface area contributed by atoms with Gasteiger partial charge < -0.3 is 20.3 Å². The SMILES string of the molecule is COCCNCc1ccc(O)cc1O. The first-order valence-corrected chi connectivity index (χ1v) is 4.44. The van der Waals surface area contributed by atoms with E-state index in [0.29, 0.717) is 13.2 Å². The highest BCUT2D eigenvalue weighted by Gasteiger charge is 2.00. The highest BCUT2D eigenvalue weighted by molar-refractivity contribution is 5.38. The van der Waals surface area contributed by atoms with E-state index in [1.807, 2.05) is 0 Å². The van der Waals surface area contributed by atoms with Crippen molar-refractivity contribution in [1.82, 2.24) is 5.32 Å². The minimum Gasteiger partial charge on any atom is -0.508 e. The predicted octanol–water partition coefficient (Wildman–Crippen LogP) is 0.834. The molecule has 0 aliphatic heterocycles. The molecule has 0 atom stereocenters. The number of nitrogens with one attached hydrogen (secondary N) is 1. The van der Waals surface area contributed by atoms with Gasteiger partial charge in [0.25, 0.3) is 0 Å². The summed E-state index contributed by atoms with van der Waals surface area (Å²) >= 11 is 0. The number of ether oxygens (including phenoxy) is 1. The van der Waals surface area contributed by atoms with E-state index in [-0.39, 0.29) is 11.5 Å². The molecule has 14 heavy (non-hydrogen) atoms. The van der Waals surface area contributed by atoms with Gasteiger partial charge in [-0.2, -0.15) is 0 Å². The fourth-order valence-electron chi connectivity index (χ4n) is 1.10. The van der Waals surface area contributed by atoms with Crippen LogP contribution in [0, 0.1) is 0 Å². The Morgan fingerprint density at radius 3 is 2.79 bits per heavy atom. The average Bonchev–Trinajstić information content (AvgIpc) is 2.15. The minimum absolute atomic E-state index is 0.0724. The number of aromatic hydroxyl groups is 2. The molecule has 0 bridgehead atoms. The molecule has 0 unspecified atom stereocenters. The molecule has 0 amide bonds. The van der Waals surface area contributed by atoms with Crippen molar-refractivity contribution in [3.63, 3.8) is 0 Å². The Kier molecular flexibility index (Phi) is 4.22. The number of rotatable bonds is 5. The Balaban J connectivity index is 2.42. The summed E-state index contributed by atoms with van der Waals surface area (Å²) < 4.78 is 4.86. The molecule has 0 aliphatic rings. The molecular formula is C10H15NO3. The van der Waals surface area contributed by atoms with Crippen LogP contribution in [-0.4, -0.2) is 30.5 Å². The van der Waals surface area contributed by atoms with E-state index in [1.165, 1.54) is 6.07 Å². The van der Waals surface area contributed by atoms with Crippen molar-refractivity contribution in [2.24, 2.45) is 0 Å².